The predicted molar refractivity (Wildman–Crippen MR) is 141 cm³/mol. The normalized spacial score (nSPS) is 13.6. The molecule has 3 aromatic carbocycles. The van der Waals surface area contributed by atoms with E-state index in [0.29, 0.717) is 37.2 Å². The number of piperazine rings is 1. The number of carbonyl (C=O) groups excluding carboxylic acids is 2. The van der Waals surface area contributed by atoms with E-state index in [1.807, 2.05) is 4.90 Å². The van der Waals surface area contributed by atoms with E-state index in [-0.39, 0.29) is 18.8 Å². The van der Waals surface area contributed by atoms with Gasteiger partial charge in [0, 0.05) is 43.6 Å². The van der Waals surface area contributed by atoms with Gasteiger partial charge in [0.25, 0.3) is 0 Å². The molecule has 0 spiro atoms. The number of benzene rings is 3. The maximum absolute atomic E-state index is 14.1. The Morgan fingerprint density at radius 2 is 1.60 bits per heavy atom. The first kappa shape index (κ1) is 28.5. The van der Waals surface area contributed by atoms with E-state index in [4.69, 9.17) is 4.74 Å². The smallest absolute Gasteiger partial charge is 0.418 e. The van der Waals surface area contributed by atoms with Crippen LogP contribution in [0.5, 0.6) is 5.75 Å². The molecule has 13 heteroatoms. The fourth-order valence-corrected chi connectivity index (χ4v) is 4.16. The van der Waals surface area contributed by atoms with Crippen LogP contribution in [0.25, 0.3) is 0 Å². The van der Waals surface area contributed by atoms with Crippen LogP contribution in [-0.4, -0.2) is 49.7 Å². The molecule has 0 aromatic heterocycles. The maximum Gasteiger partial charge on any atom is 0.418 e. The first-order chi connectivity index (χ1) is 19.0. The van der Waals surface area contributed by atoms with Crippen LogP contribution in [0, 0.1) is 11.6 Å². The van der Waals surface area contributed by atoms with Crippen molar-refractivity contribution < 1.29 is 36.3 Å². The van der Waals surface area contributed by atoms with Gasteiger partial charge in [0.15, 0.2) is 0 Å². The molecule has 3 N–H and O–H groups in total. The Kier molecular flexibility index (Phi) is 8.61. The minimum absolute atomic E-state index is 0.183. The molecule has 40 heavy (non-hydrogen) atoms. The number of halogens is 5. The standard InChI is InChI=1S/C27H26F5N5O3/c1-2-40-23-11-6-17(28)16-22(23)34-25(38)33-18-7-9-19(10-8-18)36-12-14-37(15-13-36)26(39)35-24-20(27(30,31)32)4-3-5-21(24)29/h3-11,16H,2,12-15H2,1H3,(H,35,39)(H2,33,34,38). The van der Waals surface area contributed by atoms with Gasteiger partial charge in [-0.2, -0.15) is 13.2 Å². The summed E-state index contributed by atoms with van der Waals surface area (Å²) in [6.45, 7) is 3.25. The summed E-state index contributed by atoms with van der Waals surface area (Å²) in [7, 11) is 0. The Labute approximate surface area is 226 Å². The number of anilines is 4. The van der Waals surface area contributed by atoms with Crippen LogP contribution in [-0.2, 0) is 6.18 Å². The van der Waals surface area contributed by atoms with Crippen LogP contribution in [0.3, 0.4) is 0 Å². The number of urea groups is 2. The Balaban J connectivity index is 1.31. The zero-order chi connectivity index (χ0) is 28.9. The third kappa shape index (κ3) is 6.90. The molecular weight excluding hydrogens is 537 g/mol. The number of amides is 4. The summed E-state index contributed by atoms with van der Waals surface area (Å²) in [6, 6.07) is 11.7. The van der Waals surface area contributed by atoms with Crippen molar-refractivity contribution in [2.45, 2.75) is 13.1 Å². The Hall–Kier alpha value is -4.55. The van der Waals surface area contributed by atoms with E-state index in [9.17, 15) is 31.5 Å². The van der Waals surface area contributed by atoms with E-state index < -0.39 is 41.1 Å². The zero-order valence-corrected chi connectivity index (χ0v) is 21.3. The average Bonchev–Trinajstić information content (AvgIpc) is 2.91. The van der Waals surface area contributed by atoms with Crippen LogP contribution < -0.4 is 25.6 Å². The van der Waals surface area contributed by atoms with Crippen LogP contribution in [0.1, 0.15) is 12.5 Å². The van der Waals surface area contributed by atoms with E-state index >= 15 is 0 Å². The molecule has 0 saturated carbocycles. The third-order valence-corrected chi connectivity index (χ3v) is 6.10. The largest absolute Gasteiger partial charge is 0.492 e. The first-order valence-electron chi connectivity index (χ1n) is 12.3. The summed E-state index contributed by atoms with van der Waals surface area (Å²) < 4.78 is 72.8. The van der Waals surface area contributed by atoms with Gasteiger partial charge < -0.3 is 30.5 Å². The highest BCUT2D eigenvalue weighted by molar-refractivity contribution is 6.00. The summed E-state index contributed by atoms with van der Waals surface area (Å²) in [6.07, 6.45) is -4.82. The monoisotopic (exact) mass is 563 g/mol. The maximum atomic E-state index is 14.1. The van der Waals surface area contributed by atoms with Crippen molar-refractivity contribution in [2.75, 3.05) is 53.6 Å². The molecule has 0 atom stereocenters. The van der Waals surface area contributed by atoms with Crippen LogP contribution in [0.4, 0.5) is 54.3 Å². The molecule has 0 unspecified atom stereocenters. The Bertz CT molecular complexity index is 1360. The van der Waals surface area contributed by atoms with Crippen molar-refractivity contribution in [1.29, 1.82) is 0 Å². The quantitative estimate of drug-likeness (QED) is 0.304. The predicted octanol–water partition coefficient (Wildman–Crippen LogP) is 6.38. The summed E-state index contributed by atoms with van der Waals surface area (Å²) in [5.74, 6) is -1.37. The van der Waals surface area contributed by atoms with E-state index in [1.165, 1.54) is 17.0 Å². The van der Waals surface area contributed by atoms with E-state index in [1.54, 1.807) is 31.2 Å². The molecular formula is C27H26F5N5O3. The van der Waals surface area contributed by atoms with Crippen molar-refractivity contribution in [3.8, 4) is 5.75 Å². The summed E-state index contributed by atoms with van der Waals surface area (Å²) in [5.41, 5.74) is -0.710. The van der Waals surface area contributed by atoms with Gasteiger partial charge >= 0.3 is 18.2 Å². The number of carbonyl (C=O) groups is 2. The fourth-order valence-electron chi connectivity index (χ4n) is 4.16. The number of hydrogen-bond acceptors (Lipinski definition) is 4. The van der Waals surface area contributed by atoms with Crippen molar-refractivity contribution >= 4 is 34.8 Å². The lowest BCUT2D eigenvalue weighted by Crippen LogP contribution is -2.50. The molecule has 1 fully saturated rings. The van der Waals surface area contributed by atoms with E-state index in [0.717, 1.165) is 23.9 Å². The second-order valence-corrected chi connectivity index (χ2v) is 8.76. The average molecular weight is 564 g/mol. The summed E-state index contributed by atoms with van der Waals surface area (Å²) in [5, 5.41) is 7.28. The zero-order valence-electron chi connectivity index (χ0n) is 21.3. The number of rotatable bonds is 6. The van der Waals surface area contributed by atoms with Gasteiger partial charge in [-0.15, -0.1) is 0 Å². The van der Waals surface area contributed by atoms with Gasteiger partial charge in [0.2, 0.25) is 0 Å². The Morgan fingerprint density at radius 3 is 2.25 bits per heavy atom. The number of hydrogen-bond donors (Lipinski definition) is 3. The number of alkyl halides is 3. The first-order valence-corrected chi connectivity index (χ1v) is 12.3. The van der Waals surface area contributed by atoms with Gasteiger partial charge in [0.05, 0.1) is 23.5 Å². The number of nitrogens with zero attached hydrogens (tertiary/aromatic N) is 2. The molecule has 1 aliphatic rings. The molecule has 1 saturated heterocycles. The lowest BCUT2D eigenvalue weighted by atomic mass is 10.1. The van der Waals surface area contributed by atoms with Gasteiger partial charge in [0.1, 0.15) is 17.4 Å². The van der Waals surface area contributed by atoms with Gasteiger partial charge in [-0.3, -0.25) is 0 Å². The molecule has 0 aliphatic carbocycles. The number of para-hydroxylation sites is 1. The summed E-state index contributed by atoms with van der Waals surface area (Å²) in [4.78, 5) is 28.3. The van der Waals surface area contributed by atoms with Crippen molar-refractivity contribution in [2.24, 2.45) is 0 Å². The van der Waals surface area contributed by atoms with Crippen LogP contribution >= 0.6 is 0 Å². The minimum Gasteiger partial charge on any atom is -0.492 e. The molecule has 3 aromatic rings. The highest BCUT2D eigenvalue weighted by Crippen LogP contribution is 2.36. The van der Waals surface area contributed by atoms with E-state index in [2.05, 4.69) is 16.0 Å². The summed E-state index contributed by atoms with van der Waals surface area (Å²) >= 11 is 0. The molecule has 4 rings (SSSR count). The van der Waals surface area contributed by atoms with Gasteiger partial charge in [-0.1, -0.05) is 6.07 Å². The highest BCUT2D eigenvalue weighted by atomic mass is 19.4. The third-order valence-electron chi connectivity index (χ3n) is 6.10. The second kappa shape index (κ2) is 12.1. The Morgan fingerprint density at radius 1 is 0.900 bits per heavy atom. The second-order valence-electron chi connectivity index (χ2n) is 8.76. The lowest BCUT2D eigenvalue weighted by molar-refractivity contribution is -0.137. The lowest BCUT2D eigenvalue weighted by Gasteiger charge is -2.36. The minimum atomic E-state index is -4.82. The molecule has 1 aliphatic heterocycles. The van der Waals surface area contributed by atoms with Crippen LogP contribution in [0.15, 0.2) is 60.7 Å². The highest BCUT2D eigenvalue weighted by Gasteiger charge is 2.36. The van der Waals surface area contributed by atoms with Crippen LogP contribution in [0.2, 0.25) is 0 Å². The number of ether oxygens (including phenoxy) is 1. The molecule has 4 amide bonds. The molecule has 8 nitrogen and oxygen atoms in total. The topological polar surface area (TPSA) is 85.9 Å². The van der Waals surface area contributed by atoms with Gasteiger partial charge in [-0.25, -0.2) is 18.4 Å². The molecule has 1 heterocycles. The van der Waals surface area contributed by atoms with Gasteiger partial charge in [-0.05, 0) is 55.5 Å². The molecule has 0 radical (unpaired) electrons. The van der Waals surface area contributed by atoms with Crippen molar-refractivity contribution in [3.63, 3.8) is 0 Å². The fraction of sp³-hybridized carbons (Fsp3) is 0.259. The number of nitrogens with one attached hydrogen (secondary N) is 3. The van der Waals surface area contributed by atoms with Crippen molar-refractivity contribution in [1.82, 2.24) is 4.90 Å². The van der Waals surface area contributed by atoms with Crippen molar-refractivity contribution in [3.05, 3.63) is 77.9 Å². The SMILES string of the molecule is CCOc1ccc(F)cc1NC(=O)Nc1ccc(N2CCN(C(=O)Nc3c(F)cccc3C(F)(F)F)CC2)cc1. The molecule has 212 valence electrons. The molecule has 0 bridgehead atoms.